The maximum atomic E-state index is 14.5. The summed E-state index contributed by atoms with van der Waals surface area (Å²) in [6, 6.07) is 19.6. The van der Waals surface area contributed by atoms with Crippen LogP contribution in [0.4, 0.5) is 13.2 Å². The van der Waals surface area contributed by atoms with Crippen LogP contribution < -0.4 is 0 Å². The van der Waals surface area contributed by atoms with Crippen molar-refractivity contribution in [1.82, 2.24) is 0 Å². The molecular weight excluding hydrogens is 397 g/mol. The van der Waals surface area contributed by atoms with Crippen molar-refractivity contribution in [2.75, 3.05) is 13.7 Å². The monoisotopic (exact) mass is 416 g/mol. The molecule has 0 fully saturated rings. The fourth-order valence-corrected chi connectivity index (χ4v) is 3.42. The Morgan fingerprint density at radius 3 is 2.03 bits per heavy atom. The first kappa shape index (κ1) is 20.7. The smallest absolute Gasteiger partial charge is 0.134 e. The highest BCUT2D eigenvalue weighted by Crippen LogP contribution is 2.28. The number of ether oxygens (including phenoxy) is 1. The first-order chi connectivity index (χ1) is 15.0. The van der Waals surface area contributed by atoms with Crippen LogP contribution in [-0.2, 0) is 11.2 Å². The van der Waals surface area contributed by atoms with E-state index < -0.39 is 11.6 Å². The summed E-state index contributed by atoms with van der Waals surface area (Å²) in [7, 11) is 1.55. The Balaban J connectivity index is 1.56. The third-order valence-electron chi connectivity index (χ3n) is 5.02. The summed E-state index contributed by atoms with van der Waals surface area (Å²) in [4.78, 5) is 0. The minimum absolute atomic E-state index is 0.0533. The summed E-state index contributed by atoms with van der Waals surface area (Å²) in [5, 5.41) is 1.72. The van der Waals surface area contributed by atoms with Crippen molar-refractivity contribution < 1.29 is 17.9 Å². The van der Waals surface area contributed by atoms with Gasteiger partial charge in [0.2, 0.25) is 0 Å². The molecule has 0 amide bonds. The number of methoxy groups -OCH3 is 1. The van der Waals surface area contributed by atoms with Crippen LogP contribution in [-0.4, -0.2) is 13.7 Å². The summed E-state index contributed by atoms with van der Waals surface area (Å²) in [6.07, 6.45) is 0.447. The fraction of sp³-hybridized carbons (Fsp3) is 0.111. The van der Waals surface area contributed by atoms with Crippen LogP contribution in [0.2, 0.25) is 0 Å². The molecule has 0 aliphatic rings. The molecule has 4 heteroatoms. The van der Waals surface area contributed by atoms with Crippen molar-refractivity contribution in [3.63, 3.8) is 0 Å². The van der Waals surface area contributed by atoms with E-state index in [0.29, 0.717) is 24.2 Å². The van der Waals surface area contributed by atoms with E-state index in [1.807, 2.05) is 18.2 Å². The molecule has 0 unspecified atom stereocenters. The predicted molar refractivity (Wildman–Crippen MR) is 117 cm³/mol. The van der Waals surface area contributed by atoms with E-state index in [0.717, 1.165) is 21.9 Å². The largest absolute Gasteiger partial charge is 0.384 e. The molecular formula is C27H19F3O. The van der Waals surface area contributed by atoms with E-state index in [2.05, 4.69) is 11.8 Å². The van der Waals surface area contributed by atoms with Crippen molar-refractivity contribution in [1.29, 1.82) is 0 Å². The molecule has 0 bridgehead atoms. The number of fused-ring (bicyclic) bond motifs is 1. The quantitative estimate of drug-likeness (QED) is 0.345. The van der Waals surface area contributed by atoms with E-state index in [1.165, 1.54) is 24.3 Å². The molecule has 0 aliphatic heterocycles. The topological polar surface area (TPSA) is 9.23 Å². The third-order valence-corrected chi connectivity index (χ3v) is 5.02. The van der Waals surface area contributed by atoms with Gasteiger partial charge in [-0.15, -0.1) is 0 Å². The second-order valence-corrected chi connectivity index (χ2v) is 7.21. The van der Waals surface area contributed by atoms with Crippen LogP contribution in [0.15, 0.2) is 72.8 Å². The Bertz CT molecular complexity index is 1270. The lowest BCUT2D eigenvalue weighted by molar-refractivity contribution is 0.202. The van der Waals surface area contributed by atoms with Crippen LogP contribution in [0.5, 0.6) is 0 Å². The van der Waals surface area contributed by atoms with E-state index >= 15 is 0 Å². The molecule has 1 nitrogen and oxygen atoms in total. The van der Waals surface area contributed by atoms with Gasteiger partial charge < -0.3 is 4.74 Å². The minimum atomic E-state index is -0.600. The molecule has 0 aliphatic carbocycles. The van der Waals surface area contributed by atoms with Crippen LogP contribution in [0.3, 0.4) is 0 Å². The lowest BCUT2D eigenvalue weighted by atomic mass is 10.00. The number of hydrogen-bond acceptors (Lipinski definition) is 1. The normalized spacial score (nSPS) is 10.7. The van der Waals surface area contributed by atoms with Crippen LogP contribution in [0.25, 0.3) is 21.9 Å². The molecule has 31 heavy (non-hydrogen) atoms. The molecule has 4 aromatic rings. The Kier molecular flexibility index (Phi) is 6.06. The molecule has 4 aromatic carbocycles. The lowest BCUT2D eigenvalue weighted by Gasteiger charge is -2.08. The summed E-state index contributed by atoms with van der Waals surface area (Å²) in [6.45, 7) is 0.402. The maximum Gasteiger partial charge on any atom is 0.134 e. The Labute approximate surface area is 179 Å². The Hall–Kier alpha value is -3.55. The number of hydrogen-bond donors (Lipinski definition) is 0. The van der Waals surface area contributed by atoms with Gasteiger partial charge in [0.15, 0.2) is 0 Å². The molecule has 0 aromatic heterocycles. The highest BCUT2D eigenvalue weighted by atomic mass is 19.1. The number of benzene rings is 4. The minimum Gasteiger partial charge on any atom is -0.384 e. The summed E-state index contributed by atoms with van der Waals surface area (Å²) in [5.74, 6) is 4.65. The van der Waals surface area contributed by atoms with Crippen molar-refractivity contribution in [3.05, 3.63) is 107 Å². The fourth-order valence-electron chi connectivity index (χ4n) is 3.42. The van der Waals surface area contributed by atoms with Gasteiger partial charge in [-0.25, -0.2) is 13.2 Å². The van der Waals surface area contributed by atoms with Gasteiger partial charge in [0.25, 0.3) is 0 Å². The van der Waals surface area contributed by atoms with E-state index in [9.17, 15) is 13.2 Å². The second kappa shape index (κ2) is 9.07. The van der Waals surface area contributed by atoms with Gasteiger partial charge in [0.05, 0.1) is 12.2 Å². The van der Waals surface area contributed by atoms with Gasteiger partial charge >= 0.3 is 0 Å². The number of halogens is 3. The van der Waals surface area contributed by atoms with Crippen molar-refractivity contribution in [2.45, 2.75) is 6.42 Å². The van der Waals surface area contributed by atoms with Crippen molar-refractivity contribution in [2.24, 2.45) is 0 Å². The zero-order valence-electron chi connectivity index (χ0n) is 16.9. The molecule has 0 saturated carbocycles. The number of rotatable bonds is 4. The van der Waals surface area contributed by atoms with Crippen LogP contribution in [0, 0.1) is 29.3 Å². The van der Waals surface area contributed by atoms with Gasteiger partial charge in [0.1, 0.15) is 17.5 Å². The summed E-state index contributed by atoms with van der Waals surface area (Å²) >= 11 is 0. The standard InChI is InChI=1S/C27H19F3O/c1-31-13-12-20-15-25(29)27(26(30)16-20)21-7-4-18(5-8-21)2-3-19-6-9-23-17-24(28)11-10-22(23)14-19/h4-11,14-17H,12-13H2,1H3. The molecule has 0 saturated heterocycles. The lowest BCUT2D eigenvalue weighted by Crippen LogP contribution is -1.98. The molecule has 4 rings (SSSR count). The first-order valence-electron chi connectivity index (χ1n) is 9.82. The van der Waals surface area contributed by atoms with Crippen molar-refractivity contribution in [3.8, 4) is 23.0 Å². The molecule has 0 radical (unpaired) electrons. The first-order valence-corrected chi connectivity index (χ1v) is 9.82. The zero-order chi connectivity index (χ0) is 21.8. The van der Waals surface area contributed by atoms with Crippen LogP contribution >= 0.6 is 0 Å². The van der Waals surface area contributed by atoms with Gasteiger partial charge in [-0.3, -0.25) is 0 Å². The molecule has 0 N–H and O–H groups in total. The molecule has 0 spiro atoms. The van der Waals surface area contributed by atoms with Gasteiger partial charge in [-0.2, -0.15) is 0 Å². The van der Waals surface area contributed by atoms with Gasteiger partial charge in [-0.1, -0.05) is 36.1 Å². The highest BCUT2D eigenvalue weighted by molar-refractivity contribution is 5.84. The Morgan fingerprint density at radius 1 is 0.710 bits per heavy atom. The van der Waals surface area contributed by atoms with E-state index in [1.54, 1.807) is 37.4 Å². The third kappa shape index (κ3) is 4.79. The SMILES string of the molecule is COCCc1cc(F)c(-c2ccc(C#Cc3ccc4cc(F)ccc4c3)cc2)c(F)c1. The van der Waals surface area contributed by atoms with E-state index in [4.69, 9.17) is 4.74 Å². The maximum absolute atomic E-state index is 14.5. The average molecular weight is 416 g/mol. The van der Waals surface area contributed by atoms with Gasteiger partial charge in [-0.05, 0) is 76.9 Å². The predicted octanol–water partition coefficient (Wildman–Crippen LogP) is 6.51. The highest BCUT2D eigenvalue weighted by Gasteiger charge is 2.13. The zero-order valence-corrected chi connectivity index (χ0v) is 16.9. The van der Waals surface area contributed by atoms with Crippen LogP contribution in [0.1, 0.15) is 16.7 Å². The summed E-state index contributed by atoms with van der Waals surface area (Å²) in [5.41, 5.74) is 2.47. The molecule has 0 atom stereocenters. The second-order valence-electron chi connectivity index (χ2n) is 7.21. The average Bonchev–Trinajstić information content (AvgIpc) is 2.76. The van der Waals surface area contributed by atoms with E-state index in [-0.39, 0.29) is 11.4 Å². The summed E-state index contributed by atoms with van der Waals surface area (Å²) < 4.78 is 47.3. The van der Waals surface area contributed by atoms with Crippen molar-refractivity contribution >= 4 is 10.8 Å². The molecule has 0 heterocycles. The molecule has 154 valence electrons. The van der Waals surface area contributed by atoms with Gasteiger partial charge in [0, 0.05) is 18.2 Å². The Morgan fingerprint density at radius 2 is 1.32 bits per heavy atom.